The summed E-state index contributed by atoms with van der Waals surface area (Å²) in [6, 6.07) is 3.79. The summed E-state index contributed by atoms with van der Waals surface area (Å²) in [6.07, 6.45) is 0.477. The monoisotopic (exact) mass is 272 g/mol. The maximum atomic E-state index is 13.3. The maximum Gasteiger partial charge on any atom is 0.224 e. The Bertz CT molecular complexity index is 414. The molecule has 19 heavy (non-hydrogen) atoms. The van der Waals surface area contributed by atoms with E-state index in [1.807, 2.05) is 0 Å². The predicted octanol–water partition coefficient (Wildman–Crippen LogP) is 0.989. The molecule has 3 N–H and O–H groups in total. The van der Waals surface area contributed by atoms with Gasteiger partial charge < -0.3 is 15.8 Å². The number of hydrogen-bond acceptors (Lipinski definition) is 3. The summed E-state index contributed by atoms with van der Waals surface area (Å²) < 4.78 is 31.4. The fourth-order valence-electron chi connectivity index (χ4n) is 1.51. The van der Waals surface area contributed by atoms with Crippen LogP contribution in [0.1, 0.15) is 12.0 Å². The standard InChI is InChI=1S/C13H18F2N2O2/c14-11-4-1-3-10(13(11)15)9-12(18)17-6-2-7-19-8-5-16/h1,3-4H,2,5-9,16H2,(H,17,18). The number of halogens is 2. The minimum Gasteiger partial charge on any atom is -0.380 e. The molecule has 0 unspecified atom stereocenters. The van der Waals surface area contributed by atoms with Crippen molar-refractivity contribution in [3.8, 4) is 0 Å². The molecule has 6 heteroatoms. The largest absolute Gasteiger partial charge is 0.380 e. The number of hydrogen-bond donors (Lipinski definition) is 2. The molecule has 0 aliphatic carbocycles. The molecule has 1 rings (SSSR count). The quantitative estimate of drug-likeness (QED) is 0.694. The average molecular weight is 272 g/mol. The number of amides is 1. The van der Waals surface area contributed by atoms with Crippen molar-refractivity contribution in [1.29, 1.82) is 0 Å². The second-order valence-corrected chi connectivity index (χ2v) is 3.99. The topological polar surface area (TPSA) is 64.3 Å². The molecule has 106 valence electrons. The summed E-state index contributed by atoms with van der Waals surface area (Å²) in [5, 5.41) is 2.62. The molecule has 0 atom stereocenters. The second-order valence-electron chi connectivity index (χ2n) is 3.99. The number of ether oxygens (including phenoxy) is 1. The van der Waals surface area contributed by atoms with E-state index in [0.29, 0.717) is 32.7 Å². The Kier molecular flexibility index (Phi) is 6.99. The number of nitrogens with two attached hydrogens (primary N) is 1. The van der Waals surface area contributed by atoms with Crippen LogP contribution in [-0.2, 0) is 16.0 Å². The highest BCUT2D eigenvalue weighted by Crippen LogP contribution is 2.11. The molecule has 0 aliphatic rings. The first-order chi connectivity index (χ1) is 9.15. The molecule has 0 aromatic heterocycles. The predicted molar refractivity (Wildman–Crippen MR) is 67.6 cm³/mol. The first kappa shape index (κ1) is 15.5. The van der Waals surface area contributed by atoms with Gasteiger partial charge in [-0.25, -0.2) is 8.78 Å². The van der Waals surface area contributed by atoms with Gasteiger partial charge in [0.15, 0.2) is 11.6 Å². The lowest BCUT2D eigenvalue weighted by Crippen LogP contribution is -2.27. The molecule has 0 bridgehead atoms. The van der Waals surface area contributed by atoms with Gasteiger partial charge in [0.1, 0.15) is 0 Å². The maximum absolute atomic E-state index is 13.3. The molecule has 0 saturated carbocycles. The van der Waals surface area contributed by atoms with Gasteiger partial charge in [0.05, 0.1) is 13.0 Å². The van der Waals surface area contributed by atoms with Gasteiger partial charge in [-0.15, -0.1) is 0 Å². The van der Waals surface area contributed by atoms with Crippen LogP contribution in [0.15, 0.2) is 18.2 Å². The van der Waals surface area contributed by atoms with E-state index in [9.17, 15) is 13.6 Å². The normalized spacial score (nSPS) is 10.5. The molecule has 1 aromatic carbocycles. The van der Waals surface area contributed by atoms with Crippen LogP contribution in [-0.4, -0.2) is 32.2 Å². The Hall–Kier alpha value is -1.53. The van der Waals surface area contributed by atoms with E-state index in [1.165, 1.54) is 12.1 Å². The number of benzene rings is 1. The molecular weight excluding hydrogens is 254 g/mol. The Morgan fingerprint density at radius 3 is 2.84 bits per heavy atom. The fourth-order valence-corrected chi connectivity index (χ4v) is 1.51. The van der Waals surface area contributed by atoms with Gasteiger partial charge in [-0.3, -0.25) is 4.79 Å². The molecule has 4 nitrogen and oxygen atoms in total. The van der Waals surface area contributed by atoms with E-state index in [2.05, 4.69) is 5.32 Å². The third kappa shape index (κ3) is 5.76. The van der Waals surface area contributed by atoms with Gasteiger partial charge in [0.25, 0.3) is 0 Å². The van der Waals surface area contributed by atoms with Crippen LogP contribution in [0.5, 0.6) is 0 Å². The van der Waals surface area contributed by atoms with Gasteiger partial charge >= 0.3 is 0 Å². The van der Waals surface area contributed by atoms with Crippen molar-refractivity contribution in [3.63, 3.8) is 0 Å². The Morgan fingerprint density at radius 1 is 1.32 bits per heavy atom. The number of rotatable bonds is 8. The summed E-state index contributed by atoms with van der Waals surface area (Å²) in [5.74, 6) is -2.26. The van der Waals surface area contributed by atoms with Crippen molar-refractivity contribution in [3.05, 3.63) is 35.4 Å². The van der Waals surface area contributed by atoms with Crippen LogP contribution in [0.3, 0.4) is 0 Å². The molecule has 0 fully saturated rings. The third-order valence-corrected chi connectivity index (χ3v) is 2.43. The first-order valence-corrected chi connectivity index (χ1v) is 6.12. The van der Waals surface area contributed by atoms with E-state index < -0.39 is 11.6 Å². The molecule has 0 spiro atoms. The average Bonchev–Trinajstić information content (AvgIpc) is 2.39. The smallest absolute Gasteiger partial charge is 0.224 e. The highest BCUT2D eigenvalue weighted by molar-refractivity contribution is 5.78. The minimum absolute atomic E-state index is 0.0527. The summed E-state index contributed by atoms with van der Waals surface area (Å²) in [6.45, 7) is 1.89. The van der Waals surface area contributed by atoms with Gasteiger partial charge in [0.2, 0.25) is 5.91 Å². The molecule has 0 heterocycles. The molecule has 0 radical (unpaired) electrons. The lowest BCUT2D eigenvalue weighted by Gasteiger charge is -2.06. The molecule has 1 aromatic rings. The molecule has 0 saturated heterocycles. The van der Waals surface area contributed by atoms with Crippen LogP contribution in [0, 0.1) is 11.6 Å². The van der Waals surface area contributed by atoms with Crippen molar-refractivity contribution in [2.75, 3.05) is 26.3 Å². The Morgan fingerprint density at radius 2 is 2.11 bits per heavy atom. The molecule has 0 aliphatic heterocycles. The third-order valence-electron chi connectivity index (χ3n) is 2.43. The van der Waals surface area contributed by atoms with E-state index in [1.54, 1.807) is 0 Å². The van der Waals surface area contributed by atoms with Crippen molar-refractivity contribution < 1.29 is 18.3 Å². The SMILES string of the molecule is NCCOCCCNC(=O)Cc1cccc(F)c1F. The van der Waals surface area contributed by atoms with Gasteiger partial charge in [-0.2, -0.15) is 0 Å². The minimum atomic E-state index is -0.969. The second kappa shape index (κ2) is 8.55. The zero-order valence-electron chi connectivity index (χ0n) is 10.6. The lowest BCUT2D eigenvalue weighted by atomic mass is 10.1. The van der Waals surface area contributed by atoms with E-state index in [-0.39, 0.29) is 17.9 Å². The van der Waals surface area contributed by atoms with Crippen LogP contribution in [0.25, 0.3) is 0 Å². The van der Waals surface area contributed by atoms with Crippen LogP contribution in [0.4, 0.5) is 8.78 Å². The van der Waals surface area contributed by atoms with Crippen molar-refractivity contribution in [2.24, 2.45) is 5.73 Å². The van der Waals surface area contributed by atoms with E-state index in [0.717, 1.165) is 6.07 Å². The first-order valence-electron chi connectivity index (χ1n) is 6.12. The summed E-state index contributed by atoms with van der Waals surface area (Å²) in [7, 11) is 0. The van der Waals surface area contributed by atoms with Gasteiger partial charge in [-0.1, -0.05) is 12.1 Å². The highest BCUT2D eigenvalue weighted by Gasteiger charge is 2.10. The van der Waals surface area contributed by atoms with E-state index in [4.69, 9.17) is 10.5 Å². The molecular formula is C13H18F2N2O2. The van der Waals surface area contributed by atoms with E-state index >= 15 is 0 Å². The fraction of sp³-hybridized carbons (Fsp3) is 0.462. The summed E-state index contributed by atoms with van der Waals surface area (Å²) in [4.78, 5) is 11.5. The highest BCUT2D eigenvalue weighted by atomic mass is 19.2. The zero-order chi connectivity index (χ0) is 14.1. The van der Waals surface area contributed by atoms with Gasteiger partial charge in [-0.05, 0) is 12.5 Å². The van der Waals surface area contributed by atoms with Crippen molar-refractivity contribution in [2.45, 2.75) is 12.8 Å². The molecule has 1 amide bonds. The number of carbonyl (C=O) groups is 1. The van der Waals surface area contributed by atoms with Crippen LogP contribution in [0.2, 0.25) is 0 Å². The Balaban J connectivity index is 2.26. The number of carbonyl (C=O) groups excluding carboxylic acids is 1. The van der Waals surface area contributed by atoms with Gasteiger partial charge in [0, 0.05) is 25.3 Å². The summed E-state index contributed by atoms with van der Waals surface area (Å²) in [5.41, 5.74) is 5.30. The summed E-state index contributed by atoms with van der Waals surface area (Å²) >= 11 is 0. The van der Waals surface area contributed by atoms with Crippen LogP contribution >= 0.6 is 0 Å². The lowest BCUT2D eigenvalue weighted by molar-refractivity contribution is -0.120. The van der Waals surface area contributed by atoms with Crippen LogP contribution < -0.4 is 11.1 Å². The Labute approximate surface area is 110 Å². The van der Waals surface area contributed by atoms with Crippen molar-refractivity contribution in [1.82, 2.24) is 5.32 Å². The number of nitrogens with one attached hydrogen (secondary N) is 1. The van der Waals surface area contributed by atoms with Crippen molar-refractivity contribution >= 4 is 5.91 Å². The zero-order valence-corrected chi connectivity index (χ0v) is 10.6.